The second-order valence-electron chi connectivity index (χ2n) is 7.35. The van der Waals surface area contributed by atoms with Crippen molar-refractivity contribution in [3.05, 3.63) is 87.3 Å². The van der Waals surface area contributed by atoms with Gasteiger partial charge >= 0.3 is 0 Å². The standard InChI is InChI=1S/C22H18N4O4/c27-19(13-25-20(28)15-8-4-5-9-16(15)21(25)29)24-11-10-18-17(12-24)22(30)26(23-18)14-6-2-1-3-7-14/h1-9,23H,10-13H2. The first-order valence-electron chi connectivity index (χ1n) is 9.66. The molecule has 2 aromatic carbocycles. The smallest absolute Gasteiger partial charge is 0.276 e. The third-order valence-electron chi connectivity index (χ3n) is 5.59. The number of benzene rings is 2. The van der Waals surface area contributed by atoms with Crippen LogP contribution < -0.4 is 5.56 Å². The summed E-state index contributed by atoms with van der Waals surface area (Å²) in [6.07, 6.45) is 0.498. The lowest BCUT2D eigenvalue weighted by Gasteiger charge is -2.27. The van der Waals surface area contributed by atoms with Crippen molar-refractivity contribution in [1.29, 1.82) is 0 Å². The number of nitrogens with one attached hydrogen (secondary N) is 1. The van der Waals surface area contributed by atoms with E-state index in [1.807, 2.05) is 30.3 Å². The van der Waals surface area contributed by atoms with E-state index in [2.05, 4.69) is 5.10 Å². The van der Waals surface area contributed by atoms with E-state index in [9.17, 15) is 19.2 Å². The zero-order chi connectivity index (χ0) is 20.8. The Bertz CT molecular complexity index is 1210. The van der Waals surface area contributed by atoms with Crippen LogP contribution >= 0.6 is 0 Å². The number of fused-ring (bicyclic) bond motifs is 2. The van der Waals surface area contributed by atoms with Crippen molar-refractivity contribution >= 4 is 17.7 Å². The normalized spacial score (nSPS) is 15.3. The Hall–Kier alpha value is -3.94. The summed E-state index contributed by atoms with van der Waals surface area (Å²) in [7, 11) is 0. The number of amides is 3. The first-order valence-corrected chi connectivity index (χ1v) is 9.66. The average Bonchev–Trinajstić information content (AvgIpc) is 3.24. The Kier molecular flexibility index (Phi) is 4.13. The third kappa shape index (κ3) is 2.76. The van der Waals surface area contributed by atoms with E-state index in [0.29, 0.717) is 29.7 Å². The quantitative estimate of drug-likeness (QED) is 0.669. The Labute approximate surface area is 171 Å². The predicted octanol–water partition coefficient (Wildman–Crippen LogP) is 1.35. The van der Waals surface area contributed by atoms with Gasteiger partial charge in [-0.3, -0.25) is 29.2 Å². The van der Waals surface area contributed by atoms with E-state index in [1.54, 1.807) is 24.3 Å². The van der Waals surface area contributed by atoms with Gasteiger partial charge in [0.2, 0.25) is 5.91 Å². The summed E-state index contributed by atoms with van der Waals surface area (Å²) in [5.41, 5.74) is 2.48. The fourth-order valence-electron chi connectivity index (χ4n) is 3.99. The molecule has 0 aliphatic carbocycles. The van der Waals surface area contributed by atoms with E-state index in [1.165, 1.54) is 9.58 Å². The predicted molar refractivity (Wildman–Crippen MR) is 107 cm³/mol. The minimum Gasteiger partial charge on any atom is -0.336 e. The van der Waals surface area contributed by atoms with Crippen LogP contribution in [0.5, 0.6) is 0 Å². The molecule has 2 aliphatic heterocycles. The number of rotatable bonds is 3. The number of hydrogen-bond acceptors (Lipinski definition) is 4. The van der Waals surface area contributed by atoms with Crippen molar-refractivity contribution in [2.75, 3.05) is 13.1 Å². The first kappa shape index (κ1) is 18.1. The lowest BCUT2D eigenvalue weighted by molar-refractivity contribution is -0.132. The zero-order valence-corrected chi connectivity index (χ0v) is 16.0. The van der Waals surface area contributed by atoms with Crippen molar-refractivity contribution in [2.24, 2.45) is 0 Å². The van der Waals surface area contributed by atoms with Gasteiger partial charge in [-0.1, -0.05) is 30.3 Å². The minimum atomic E-state index is -0.463. The molecule has 1 aromatic heterocycles. The van der Waals surface area contributed by atoms with Crippen molar-refractivity contribution in [2.45, 2.75) is 13.0 Å². The number of aromatic amines is 1. The zero-order valence-electron chi connectivity index (χ0n) is 16.0. The summed E-state index contributed by atoms with van der Waals surface area (Å²) >= 11 is 0. The van der Waals surface area contributed by atoms with Gasteiger partial charge in [0.05, 0.1) is 28.9 Å². The number of hydrogen-bond donors (Lipinski definition) is 1. The highest BCUT2D eigenvalue weighted by Gasteiger charge is 2.37. The summed E-state index contributed by atoms with van der Waals surface area (Å²) in [5.74, 6) is -1.29. The van der Waals surface area contributed by atoms with Crippen molar-refractivity contribution in [3.8, 4) is 5.69 Å². The number of nitrogens with zero attached hydrogens (tertiary/aromatic N) is 3. The van der Waals surface area contributed by atoms with Crippen LogP contribution in [0.3, 0.4) is 0 Å². The summed E-state index contributed by atoms with van der Waals surface area (Å²) in [4.78, 5) is 53.2. The topological polar surface area (TPSA) is 95.5 Å². The monoisotopic (exact) mass is 402 g/mol. The van der Waals surface area contributed by atoms with E-state index < -0.39 is 11.8 Å². The van der Waals surface area contributed by atoms with E-state index >= 15 is 0 Å². The molecule has 0 bridgehead atoms. The number of carbonyl (C=O) groups excluding carboxylic acids is 3. The van der Waals surface area contributed by atoms with E-state index in [0.717, 1.165) is 16.3 Å². The highest BCUT2D eigenvalue weighted by Crippen LogP contribution is 2.23. The fraction of sp³-hybridized carbons (Fsp3) is 0.182. The van der Waals surface area contributed by atoms with E-state index in [4.69, 9.17) is 0 Å². The summed E-state index contributed by atoms with van der Waals surface area (Å²) in [6.45, 7) is 0.217. The van der Waals surface area contributed by atoms with Crippen molar-refractivity contribution in [3.63, 3.8) is 0 Å². The highest BCUT2D eigenvalue weighted by molar-refractivity contribution is 6.22. The summed E-state index contributed by atoms with van der Waals surface area (Å²) in [5, 5.41) is 3.12. The van der Waals surface area contributed by atoms with Crippen LogP contribution in [0.4, 0.5) is 0 Å². The summed E-state index contributed by atoms with van der Waals surface area (Å²) < 4.78 is 1.48. The van der Waals surface area contributed by atoms with Gasteiger partial charge in [0.1, 0.15) is 6.54 Å². The van der Waals surface area contributed by atoms with Crippen LogP contribution in [0, 0.1) is 0 Å². The number of para-hydroxylation sites is 1. The molecule has 3 amide bonds. The second-order valence-corrected chi connectivity index (χ2v) is 7.35. The van der Waals surface area contributed by atoms with Gasteiger partial charge in [-0.15, -0.1) is 0 Å². The van der Waals surface area contributed by atoms with Gasteiger partial charge in [0, 0.05) is 18.7 Å². The average molecular weight is 402 g/mol. The van der Waals surface area contributed by atoms with Gasteiger partial charge in [0.25, 0.3) is 17.4 Å². The Morgan fingerprint density at radius 2 is 1.53 bits per heavy atom. The molecule has 0 atom stereocenters. The molecule has 3 heterocycles. The van der Waals surface area contributed by atoms with Crippen molar-refractivity contribution in [1.82, 2.24) is 19.6 Å². The molecule has 5 rings (SSSR count). The van der Waals surface area contributed by atoms with Gasteiger partial charge in [0.15, 0.2) is 0 Å². The number of aromatic nitrogens is 2. The number of H-pyrrole nitrogens is 1. The Morgan fingerprint density at radius 3 is 2.20 bits per heavy atom. The van der Waals surface area contributed by atoms with Crippen molar-refractivity contribution < 1.29 is 14.4 Å². The molecule has 1 N–H and O–H groups in total. The molecule has 0 fully saturated rings. The van der Waals surface area contributed by atoms with Crippen LogP contribution in [0.1, 0.15) is 32.0 Å². The minimum absolute atomic E-state index is 0.145. The maximum Gasteiger partial charge on any atom is 0.276 e. The first-order chi connectivity index (χ1) is 14.5. The largest absolute Gasteiger partial charge is 0.336 e. The Morgan fingerprint density at radius 1 is 0.900 bits per heavy atom. The molecule has 8 nitrogen and oxygen atoms in total. The Balaban J connectivity index is 1.35. The molecule has 150 valence electrons. The maximum absolute atomic E-state index is 12.9. The van der Waals surface area contributed by atoms with Crippen LogP contribution in [0.2, 0.25) is 0 Å². The van der Waals surface area contributed by atoms with Gasteiger partial charge in [-0.2, -0.15) is 0 Å². The molecular formula is C22H18N4O4. The molecule has 8 heteroatoms. The third-order valence-corrected chi connectivity index (χ3v) is 5.59. The molecule has 0 unspecified atom stereocenters. The molecule has 0 spiro atoms. The molecule has 0 saturated carbocycles. The number of carbonyl (C=O) groups is 3. The lowest BCUT2D eigenvalue weighted by Crippen LogP contribution is -2.45. The van der Waals surface area contributed by atoms with Gasteiger partial charge in [-0.25, -0.2) is 4.68 Å². The molecular weight excluding hydrogens is 384 g/mol. The SMILES string of the molecule is O=C(CN1C(=O)c2ccccc2C1=O)N1CCc2[nH]n(-c3ccccc3)c(=O)c2C1. The highest BCUT2D eigenvalue weighted by atomic mass is 16.2. The van der Waals surface area contributed by atoms with Gasteiger partial charge < -0.3 is 4.90 Å². The van der Waals surface area contributed by atoms with E-state index in [-0.39, 0.29) is 24.6 Å². The fourth-order valence-corrected chi connectivity index (χ4v) is 3.99. The summed E-state index contributed by atoms with van der Waals surface area (Å²) in [6, 6.07) is 15.8. The second kappa shape index (κ2) is 6.84. The van der Waals surface area contributed by atoms with Crippen LogP contribution in [-0.2, 0) is 17.8 Å². The van der Waals surface area contributed by atoms with Crippen LogP contribution in [-0.4, -0.2) is 50.4 Å². The maximum atomic E-state index is 12.9. The molecule has 0 radical (unpaired) electrons. The molecule has 3 aromatic rings. The molecule has 30 heavy (non-hydrogen) atoms. The van der Waals surface area contributed by atoms with Crippen LogP contribution in [0.25, 0.3) is 5.69 Å². The van der Waals surface area contributed by atoms with Gasteiger partial charge in [-0.05, 0) is 24.3 Å². The molecule has 2 aliphatic rings. The van der Waals surface area contributed by atoms with Crippen LogP contribution in [0.15, 0.2) is 59.4 Å². The molecule has 0 saturated heterocycles. The lowest BCUT2D eigenvalue weighted by atomic mass is 10.1. The number of imide groups is 1.